The first kappa shape index (κ1) is 13.7. The standard InChI is InChI=1S/C12H17BrO2S/c1-8(4-5-16)9-6-11(14-2)12(15-3)7-10(9)13/h6-8,16H,4-5H2,1-3H3. The quantitative estimate of drug-likeness (QED) is 0.832. The van der Waals surface area contributed by atoms with E-state index in [4.69, 9.17) is 9.47 Å². The Labute approximate surface area is 111 Å². The minimum absolute atomic E-state index is 0.451. The van der Waals surface area contributed by atoms with Gasteiger partial charge in [-0.25, -0.2) is 0 Å². The van der Waals surface area contributed by atoms with Gasteiger partial charge >= 0.3 is 0 Å². The minimum atomic E-state index is 0.451. The van der Waals surface area contributed by atoms with Crippen LogP contribution in [0.2, 0.25) is 0 Å². The molecule has 1 atom stereocenters. The van der Waals surface area contributed by atoms with Gasteiger partial charge in [-0.15, -0.1) is 0 Å². The van der Waals surface area contributed by atoms with Crippen LogP contribution >= 0.6 is 28.6 Å². The van der Waals surface area contributed by atoms with E-state index in [2.05, 4.69) is 35.5 Å². The van der Waals surface area contributed by atoms with Crippen LogP contribution in [0.15, 0.2) is 16.6 Å². The Morgan fingerprint density at radius 1 is 1.25 bits per heavy atom. The van der Waals surface area contributed by atoms with Gasteiger partial charge in [0.25, 0.3) is 0 Å². The molecule has 0 fully saturated rings. The van der Waals surface area contributed by atoms with Crippen molar-refractivity contribution in [1.29, 1.82) is 0 Å². The predicted molar refractivity (Wildman–Crippen MR) is 74.1 cm³/mol. The molecule has 0 saturated heterocycles. The summed E-state index contributed by atoms with van der Waals surface area (Å²) in [5.41, 5.74) is 1.23. The molecule has 0 aliphatic carbocycles. The topological polar surface area (TPSA) is 18.5 Å². The highest BCUT2D eigenvalue weighted by atomic mass is 79.9. The fourth-order valence-electron chi connectivity index (χ4n) is 1.60. The Morgan fingerprint density at radius 3 is 2.31 bits per heavy atom. The van der Waals surface area contributed by atoms with Crippen LogP contribution in [0.4, 0.5) is 0 Å². The van der Waals surface area contributed by atoms with E-state index in [0.29, 0.717) is 5.92 Å². The normalized spacial score (nSPS) is 12.3. The molecule has 1 rings (SSSR count). The molecular weight excluding hydrogens is 288 g/mol. The lowest BCUT2D eigenvalue weighted by Crippen LogP contribution is -1.99. The highest BCUT2D eigenvalue weighted by Gasteiger charge is 2.14. The van der Waals surface area contributed by atoms with Crippen molar-refractivity contribution >= 4 is 28.6 Å². The lowest BCUT2D eigenvalue weighted by Gasteiger charge is -2.16. The first-order valence-corrected chi connectivity index (χ1v) is 6.58. The minimum Gasteiger partial charge on any atom is -0.493 e. The largest absolute Gasteiger partial charge is 0.493 e. The molecule has 90 valence electrons. The van der Waals surface area contributed by atoms with Gasteiger partial charge in [-0.05, 0) is 35.8 Å². The zero-order valence-electron chi connectivity index (χ0n) is 9.79. The monoisotopic (exact) mass is 304 g/mol. The van der Waals surface area contributed by atoms with Crippen LogP contribution in [0.3, 0.4) is 0 Å². The molecule has 0 aliphatic rings. The average Bonchev–Trinajstić information content (AvgIpc) is 2.28. The van der Waals surface area contributed by atoms with Crippen LogP contribution in [0.5, 0.6) is 11.5 Å². The SMILES string of the molecule is COc1cc(Br)c(C(C)CCS)cc1OC. The van der Waals surface area contributed by atoms with E-state index < -0.39 is 0 Å². The number of rotatable bonds is 5. The molecule has 0 spiro atoms. The summed E-state index contributed by atoms with van der Waals surface area (Å²) in [6.45, 7) is 2.18. The summed E-state index contributed by atoms with van der Waals surface area (Å²) in [4.78, 5) is 0. The molecule has 16 heavy (non-hydrogen) atoms. The van der Waals surface area contributed by atoms with Crippen molar-refractivity contribution in [3.8, 4) is 11.5 Å². The molecule has 0 radical (unpaired) electrons. The third kappa shape index (κ3) is 3.08. The van der Waals surface area contributed by atoms with Gasteiger partial charge in [0.15, 0.2) is 11.5 Å². The van der Waals surface area contributed by atoms with Crippen molar-refractivity contribution < 1.29 is 9.47 Å². The van der Waals surface area contributed by atoms with E-state index in [1.807, 2.05) is 12.1 Å². The number of methoxy groups -OCH3 is 2. The number of hydrogen-bond acceptors (Lipinski definition) is 3. The maximum Gasteiger partial charge on any atom is 0.161 e. The second kappa shape index (κ2) is 6.40. The molecule has 4 heteroatoms. The zero-order valence-corrected chi connectivity index (χ0v) is 12.3. The Kier molecular flexibility index (Phi) is 5.49. The van der Waals surface area contributed by atoms with Crippen LogP contribution < -0.4 is 9.47 Å². The highest BCUT2D eigenvalue weighted by molar-refractivity contribution is 9.10. The van der Waals surface area contributed by atoms with Gasteiger partial charge < -0.3 is 9.47 Å². The molecular formula is C12H17BrO2S. The summed E-state index contributed by atoms with van der Waals surface area (Å²) >= 11 is 7.82. The summed E-state index contributed by atoms with van der Waals surface area (Å²) in [6, 6.07) is 3.97. The Bertz CT molecular complexity index is 355. The van der Waals surface area contributed by atoms with Crippen LogP contribution in [-0.4, -0.2) is 20.0 Å². The van der Waals surface area contributed by atoms with Gasteiger partial charge in [0.1, 0.15) is 0 Å². The summed E-state index contributed by atoms with van der Waals surface area (Å²) in [7, 11) is 3.29. The fourth-order valence-corrected chi connectivity index (χ4v) is 2.70. The molecule has 0 aromatic heterocycles. The summed E-state index contributed by atoms with van der Waals surface area (Å²) in [5, 5.41) is 0. The van der Waals surface area contributed by atoms with Gasteiger partial charge in [-0.1, -0.05) is 22.9 Å². The Hall–Kier alpha value is -0.350. The number of thiol groups is 1. The first-order chi connectivity index (χ1) is 7.63. The molecule has 0 N–H and O–H groups in total. The molecule has 1 aromatic carbocycles. The molecule has 0 heterocycles. The van der Waals surface area contributed by atoms with Crippen molar-refractivity contribution in [2.24, 2.45) is 0 Å². The van der Waals surface area contributed by atoms with E-state index in [9.17, 15) is 0 Å². The van der Waals surface area contributed by atoms with Crippen molar-refractivity contribution in [3.05, 3.63) is 22.2 Å². The van der Waals surface area contributed by atoms with Gasteiger partial charge in [-0.2, -0.15) is 12.6 Å². The van der Waals surface area contributed by atoms with Gasteiger partial charge in [0.2, 0.25) is 0 Å². The molecule has 1 aromatic rings. The van der Waals surface area contributed by atoms with Gasteiger partial charge in [0, 0.05) is 4.47 Å². The van der Waals surface area contributed by atoms with E-state index in [-0.39, 0.29) is 0 Å². The second-order valence-electron chi connectivity index (χ2n) is 3.64. The fraction of sp³-hybridized carbons (Fsp3) is 0.500. The average molecular weight is 305 g/mol. The Balaban J connectivity index is 3.10. The van der Waals surface area contributed by atoms with Crippen LogP contribution in [0.1, 0.15) is 24.8 Å². The Morgan fingerprint density at radius 2 is 1.81 bits per heavy atom. The maximum atomic E-state index is 5.30. The van der Waals surface area contributed by atoms with E-state index in [0.717, 1.165) is 28.1 Å². The number of halogens is 1. The number of hydrogen-bond donors (Lipinski definition) is 1. The van der Waals surface area contributed by atoms with Crippen molar-refractivity contribution in [1.82, 2.24) is 0 Å². The molecule has 0 saturated carbocycles. The molecule has 0 aliphatic heterocycles. The lowest BCUT2D eigenvalue weighted by molar-refractivity contribution is 0.354. The van der Waals surface area contributed by atoms with Crippen molar-refractivity contribution in [2.75, 3.05) is 20.0 Å². The van der Waals surface area contributed by atoms with Crippen molar-refractivity contribution in [2.45, 2.75) is 19.3 Å². The van der Waals surface area contributed by atoms with E-state index in [1.165, 1.54) is 5.56 Å². The van der Waals surface area contributed by atoms with Crippen LogP contribution in [-0.2, 0) is 0 Å². The lowest BCUT2D eigenvalue weighted by atomic mass is 9.98. The number of ether oxygens (including phenoxy) is 2. The molecule has 2 nitrogen and oxygen atoms in total. The van der Waals surface area contributed by atoms with E-state index >= 15 is 0 Å². The molecule has 0 amide bonds. The maximum absolute atomic E-state index is 5.30. The summed E-state index contributed by atoms with van der Waals surface area (Å²) in [6.07, 6.45) is 1.04. The van der Waals surface area contributed by atoms with Crippen molar-refractivity contribution in [3.63, 3.8) is 0 Å². The smallest absolute Gasteiger partial charge is 0.161 e. The third-order valence-corrected chi connectivity index (χ3v) is 3.54. The predicted octanol–water partition coefficient (Wildman–Crippen LogP) is 3.89. The van der Waals surface area contributed by atoms with Gasteiger partial charge in [0.05, 0.1) is 14.2 Å². The molecule has 0 bridgehead atoms. The van der Waals surface area contributed by atoms with Crippen LogP contribution in [0, 0.1) is 0 Å². The first-order valence-electron chi connectivity index (χ1n) is 5.16. The summed E-state index contributed by atoms with van der Waals surface area (Å²) < 4.78 is 11.6. The van der Waals surface area contributed by atoms with E-state index in [1.54, 1.807) is 14.2 Å². The second-order valence-corrected chi connectivity index (χ2v) is 4.94. The summed E-state index contributed by atoms with van der Waals surface area (Å²) in [5.74, 6) is 2.84. The highest BCUT2D eigenvalue weighted by Crippen LogP contribution is 2.37. The molecule has 1 unspecified atom stereocenters. The van der Waals surface area contributed by atoms with Crippen LogP contribution in [0.25, 0.3) is 0 Å². The number of benzene rings is 1. The van der Waals surface area contributed by atoms with Gasteiger partial charge in [-0.3, -0.25) is 0 Å². The zero-order chi connectivity index (χ0) is 12.1. The third-order valence-electron chi connectivity index (χ3n) is 2.60.